The molecule has 0 amide bonds. The van der Waals surface area contributed by atoms with Crippen molar-refractivity contribution in [2.24, 2.45) is 5.14 Å². The molecule has 2 aromatic carbocycles. The number of benzene rings is 2. The molecule has 0 unspecified atom stereocenters. The van der Waals surface area contributed by atoms with Crippen LogP contribution in [0.3, 0.4) is 0 Å². The van der Waals surface area contributed by atoms with E-state index in [-0.39, 0.29) is 5.75 Å². The number of sulfonamides is 1. The quantitative estimate of drug-likeness (QED) is 0.490. The number of imidazole rings is 1. The van der Waals surface area contributed by atoms with Crippen LogP contribution in [-0.2, 0) is 16.6 Å². The molecule has 0 aliphatic carbocycles. The molecule has 0 fully saturated rings. The molecule has 0 saturated carbocycles. The molecule has 5 nitrogen and oxygen atoms in total. The van der Waals surface area contributed by atoms with Crippen molar-refractivity contribution in [1.29, 1.82) is 0 Å². The number of halogens is 1. The normalized spacial score (nSPS) is 11.9. The van der Waals surface area contributed by atoms with Gasteiger partial charge in [-0.25, -0.2) is 18.5 Å². The van der Waals surface area contributed by atoms with Gasteiger partial charge in [-0.1, -0.05) is 53.7 Å². The molecule has 132 valence electrons. The Balaban J connectivity index is 1.86. The molecular formula is C17H18ClN3O2S2. The molecule has 0 spiro atoms. The second kappa shape index (κ2) is 7.78. The van der Waals surface area contributed by atoms with Crippen LogP contribution in [0.5, 0.6) is 0 Å². The predicted molar refractivity (Wildman–Crippen MR) is 104 cm³/mol. The van der Waals surface area contributed by atoms with Crippen LogP contribution in [0, 0.1) is 0 Å². The van der Waals surface area contributed by atoms with Gasteiger partial charge in [-0.15, -0.1) is 0 Å². The van der Waals surface area contributed by atoms with Gasteiger partial charge >= 0.3 is 0 Å². The minimum absolute atomic E-state index is 0.0231. The Hall–Kier alpha value is -1.54. The van der Waals surface area contributed by atoms with E-state index in [1.165, 1.54) is 17.3 Å². The van der Waals surface area contributed by atoms with E-state index in [0.717, 1.165) is 16.2 Å². The molecule has 0 bridgehead atoms. The molecule has 0 radical (unpaired) electrons. The zero-order valence-corrected chi connectivity index (χ0v) is 15.8. The summed E-state index contributed by atoms with van der Waals surface area (Å²) in [7, 11) is -3.43. The van der Waals surface area contributed by atoms with Gasteiger partial charge in [0, 0.05) is 10.8 Å². The van der Waals surface area contributed by atoms with Crippen LogP contribution in [0.4, 0.5) is 0 Å². The van der Waals surface area contributed by atoms with E-state index in [0.29, 0.717) is 23.7 Å². The van der Waals surface area contributed by atoms with Gasteiger partial charge in [-0.05, 0) is 30.2 Å². The lowest BCUT2D eigenvalue weighted by Crippen LogP contribution is -2.16. The summed E-state index contributed by atoms with van der Waals surface area (Å²) in [5.41, 5.74) is 3.00. The summed E-state index contributed by atoms with van der Waals surface area (Å²) in [6, 6.07) is 15.8. The highest BCUT2D eigenvalue weighted by Gasteiger charge is 2.13. The molecule has 0 aliphatic rings. The molecule has 0 saturated heterocycles. The second-order valence-electron chi connectivity index (χ2n) is 5.67. The third-order valence-electron chi connectivity index (χ3n) is 3.66. The average molecular weight is 396 g/mol. The number of primary sulfonamides is 1. The maximum Gasteiger partial charge on any atom is 0.209 e. The largest absolute Gasteiger partial charge is 0.314 e. The van der Waals surface area contributed by atoms with E-state index in [9.17, 15) is 8.42 Å². The maximum atomic E-state index is 11.1. The summed E-state index contributed by atoms with van der Waals surface area (Å²) < 4.78 is 24.3. The summed E-state index contributed by atoms with van der Waals surface area (Å²) in [5.74, 6) is 0.604. The highest BCUT2D eigenvalue weighted by molar-refractivity contribution is 7.99. The third kappa shape index (κ3) is 4.98. The first-order valence-electron chi connectivity index (χ1n) is 7.75. The summed E-state index contributed by atoms with van der Waals surface area (Å²) in [4.78, 5) is 4.66. The molecule has 2 N–H and O–H groups in total. The molecule has 8 heteroatoms. The van der Waals surface area contributed by atoms with Gasteiger partial charge < -0.3 is 4.57 Å². The van der Waals surface area contributed by atoms with Gasteiger partial charge in [0.15, 0.2) is 5.16 Å². The number of fused-ring (bicyclic) bond motifs is 1. The lowest BCUT2D eigenvalue weighted by molar-refractivity contribution is 0.596. The van der Waals surface area contributed by atoms with E-state index < -0.39 is 10.0 Å². The minimum Gasteiger partial charge on any atom is -0.314 e. The molecule has 25 heavy (non-hydrogen) atoms. The van der Waals surface area contributed by atoms with E-state index in [1.807, 2.05) is 36.4 Å². The van der Waals surface area contributed by atoms with Crippen LogP contribution in [0.15, 0.2) is 53.7 Å². The standard InChI is InChI=1S/C17H18ClN3O2S2/c18-14-7-8-16-15(11-14)20-17(24-9-4-10-25(19,22)23)21(16)12-13-5-2-1-3-6-13/h1-3,5-8,11H,4,9-10,12H2,(H2,19,22,23). The zero-order chi connectivity index (χ0) is 17.9. The first-order chi connectivity index (χ1) is 11.9. The minimum atomic E-state index is -3.43. The Kier molecular flexibility index (Phi) is 5.68. The fourth-order valence-electron chi connectivity index (χ4n) is 2.53. The van der Waals surface area contributed by atoms with Gasteiger partial charge in [0.25, 0.3) is 0 Å². The molecule has 0 atom stereocenters. The first-order valence-corrected chi connectivity index (χ1v) is 10.8. The number of aromatic nitrogens is 2. The van der Waals surface area contributed by atoms with Crippen molar-refractivity contribution in [2.75, 3.05) is 11.5 Å². The lowest BCUT2D eigenvalue weighted by atomic mass is 10.2. The van der Waals surface area contributed by atoms with Crippen molar-refractivity contribution in [1.82, 2.24) is 9.55 Å². The van der Waals surface area contributed by atoms with Crippen molar-refractivity contribution in [3.05, 3.63) is 59.1 Å². The Morgan fingerprint density at radius 2 is 1.92 bits per heavy atom. The number of nitrogens with two attached hydrogens (primary N) is 1. The third-order valence-corrected chi connectivity index (χ3v) is 5.82. The van der Waals surface area contributed by atoms with Crippen LogP contribution in [0.2, 0.25) is 5.02 Å². The van der Waals surface area contributed by atoms with Gasteiger partial charge in [-0.2, -0.15) is 0 Å². The molecule has 1 aromatic heterocycles. The van der Waals surface area contributed by atoms with Gasteiger partial charge in [0.05, 0.1) is 23.3 Å². The topological polar surface area (TPSA) is 78.0 Å². The zero-order valence-electron chi connectivity index (χ0n) is 13.4. The Labute approximate surface area is 156 Å². The van der Waals surface area contributed by atoms with E-state index in [1.54, 1.807) is 0 Å². The fourth-order valence-corrected chi connectivity index (χ4v) is 4.38. The van der Waals surface area contributed by atoms with E-state index in [4.69, 9.17) is 16.7 Å². The number of hydrogen-bond donors (Lipinski definition) is 1. The lowest BCUT2D eigenvalue weighted by Gasteiger charge is -2.09. The van der Waals surface area contributed by atoms with E-state index in [2.05, 4.69) is 21.7 Å². The maximum absolute atomic E-state index is 11.1. The molecule has 3 aromatic rings. The smallest absolute Gasteiger partial charge is 0.209 e. The van der Waals surface area contributed by atoms with Gasteiger partial charge in [-0.3, -0.25) is 0 Å². The van der Waals surface area contributed by atoms with Crippen molar-refractivity contribution >= 4 is 44.4 Å². The molecule has 1 heterocycles. The Bertz CT molecular complexity index is 972. The number of hydrogen-bond acceptors (Lipinski definition) is 4. The fraction of sp³-hybridized carbons (Fsp3) is 0.235. The summed E-state index contributed by atoms with van der Waals surface area (Å²) in [6.45, 7) is 0.691. The molecule has 3 rings (SSSR count). The highest BCUT2D eigenvalue weighted by atomic mass is 35.5. The molecular weight excluding hydrogens is 378 g/mol. The second-order valence-corrected chi connectivity index (χ2v) is 8.90. The van der Waals surface area contributed by atoms with Crippen LogP contribution in [0.1, 0.15) is 12.0 Å². The summed E-state index contributed by atoms with van der Waals surface area (Å²) in [6.07, 6.45) is 0.485. The predicted octanol–water partition coefficient (Wildman–Crippen LogP) is 3.51. The van der Waals surface area contributed by atoms with Crippen LogP contribution < -0.4 is 5.14 Å². The van der Waals surface area contributed by atoms with Crippen LogP contribution in [0.25, 0.3) is 11.0 Å². The monoisotopic (exact) mass is 395 g/mol. The summed E-state index contributed by atoms with van der Waals surface area (Å²) >= 11 is 7.61. The average Bonchev–Trinajstić information content (AvgIpc) is 2.88. The van der Waals surface area contributed by atoms with Crippen molar-refractivity contribution in [3.8, 4) is 0 Å². The van der Waals surface area contributed by atoms with Crippen molar-refractivity contribution in [3.63, 3.8) is 0 Å². The van der Waals surface area contributed by atoms with Crippen LogP contribution in [-0.4, -0.2) is 29.5 Å². The van der Waals surface area contributed by atoms with Gasteiger partial charge in [0.2, 0.25) is 10.0 Å². The number of nitrogens with zero attached hydrogens (tertiary/aromatic N) is 2. The van der Waals surface area contributed by atoms with Crippen molar-refractivity contribution in [2.45, 2.75) is 18.1 Å². The SMILES string of the molecule is NS(=O)(=O)CCCSc1nc2cc(Cl)ccc2n1Cc1ccccc1. The van der Waals surface area contributed by atoms with Crippen LogP contribution >= 0.6 is 23.4 Å². The number of thioether (sulfide) groups is 1. The Morgan fingerprint density at radius 3 is 2.64 bits per heavy atom. The van der Waals surface area contributed by atoms with Crippen molar-refractivity contribution < 1.29 is 8.42 Å². The van der Waals surface area contributed by atoms with Gasteiger partial charge in [0.1, 0.15) is 0 Å². The van der Waals surface area contributed by atoms with E-state index >= 15 is 0 Å². The molecule has 0 aliphatic heterocycles. The Morgan fingerprint density at radius 1 is 1.16 bits per heavy atom. The number of rotatable bonds is 7. The first kappa shape index (κ1) is 18.3. The highest BCUT2D eigenvalue weighted by Crippen LogP contribution is 2.27. The summed E-state index contributed by atoms with van der Waals surface area (Å²) in [5, 5.41) is 6.54.